The van der Waals surface area contributed by atoms with Crippen LogP contribution in [0.25, 0.3) is 93.2 Å². The number of nitrogens with zero attached hydrogens (tertiary/aromatic N) is 2. The molecule has 2 nitrogen and oxygen atoms in total. The molecule has 0 radical (unpaired) electrons. The second kappa shape index (κ2) is 11.8. The van der Waals surface area contributed by atoms with E-state index in [-0.39, 0.29) is 0 Å². The van der Waals surface area contributed by atoms with E-state index in [1.807, 2.05) is 0 Å². The molecule has 0 fully saturated rings. The number of imidazole rings is 1. The number of fused-ring (bicyclic) bond motifs is 5. The summed E-state index contributed by atoms with van der Waals surface area (Å²) >= 11 is 0. The summed E-state index contributed by atoms with van der Waals surface area (Å²) in [6.45, 7) is 2.17. The van der Waals surface area contributed by atoms with E-state index in [9.17, 15) is 0 Å². The molecule has 51 heavy (non-hydrogen) atoms. The van der Waals surface area contributed by atoms with Crippen LogP contribution in [0.4, 0.5) is 0 Å². The number of aryl methyl sites for hydroxylation is 1. The Kier molecular flexibility index (Phi) is 6.82. The molecule has 0 N–H and O–H groups in total. The van der Waals surface area contributed by atoms with Crippen LogP contribution in [-0.2, 0) is 6.42 Å². The Morgan fingerprint density at radius 1 is 0.412 bits per heavy atom. The number of hydrogen-bond donors (Lipinski definition) is 0. The Hall–Kier alpha value is -6.51. The van der Waals surface area contributed by atoms with Gasteiger partial charge in [-0.25, -0.2) is 4.98 Å². The number of benzene rings is 9. The lowest BCUT2D eigenvalue weighted by atomic mass is 9.84. The van der Waals surface area contributed by atoms with Crippen molar-refractivity contribution in [3.8, 4) is 39.1 Å². The van der Waals surface area contributed by atoms with Gasteiger partial charge in [-0.1, -0.05) is 140 Å². The largest absolute Gasteiger partial charge is 0.296 e. The predicted octanol–water partition coefficient (Wildman–Crippen LogP) is 13.2. The average Bonchev–Trinajstić information content (AvgIpc) is 3.58. The van der Waals surface area contributed by atoms with E-state index in [4.69, 9.17) is 4.98 Å². The summed E-state index contributed by atoms with van der Waals surface area (Å²) in [5, 5.41) is 9.96. The lowest BCUT2D eigenvalue weighted by Gasteiger charge is -2.19. The molecule has 0 aliphatic rings. The molecule has 240 valence electrons. The van der Waals surface area contributed by atoms with Crippen LogP contribution in [-0.4, -0.2) is 9.55 Å². The molecule has 9 aromatic carbocycles. The van der Waals surface area contributed by atoms with E-state index in [1.54, 1.807) is 0 Å². The van der Waals surface area contributed by atoms with Crippen molar-refractivity contribution in [3.05, 3.63) is 182 Å². The normalized spacial score (nSPS) is 11.7. The highest BCUT2D eigenvalue weighted by atomic mass is 15.1. The molecule has 0 aliphatic heterocycles. The molecule has 1 heterocycles. The molecular weight excluding hydrogens is 617 g/mol. The topological polar surface area (TPSA) is 17.8 Å². The Morgan fingerprint density at radius 2 is 0.980 bits per heavy atom. The highest BCUT2D eigenvalue weighted by Crippen LogP contribution is 2.45. The van der Waals surface area contributed by atoms with Gasteiger partial charge in [-0.15, -0.1) is 0 Å². The van der Waals surface area contributed by atoms with Gasteiger partial charge < -0.3 is 0 Å². The number of rotatable bonds is 5. The van der Waals surface area contributed by atoms with Crippen LogP contribution >= 0.6 is 0 Å². The molecule has 0 spiro atoms. The maximum absolute atomic E-state index is 4.93. The molecule has 0 saturated heterocycles. The van der Waals surface area contributed by atoms with E-state index in [0.717, 1.165) is 29.0 Å². The SMILES string of the molecule is CCc1nc2ccccc2n1-c1ccc2cc(-c3c4ccccc4c(-c4ccc5ccccc5c4)c4cc(-c5ccccc5)ccc34)ccc2c1. The monoisotopic (exact) mass is 650 g/mol. The summed E-state index contributed by atoms with van der Waals surface area (Å²) in [5.41, 5.74) is 10.8. The molecule has 0 atom stereocenters. The third-order valence-corrected chi connectivity index (χ3v) is 10.5. The predicted molar refractivity (Wildman–Crippen MR) is 217 cm³/mol. The first-order valence-corrected chi connectivity index (χ1v) is 17.8. The minimum absolute atomic E-state index is 0.868. The fraction of sp³-hybridized carbons (Fsp3) is 0.0408. The summed E-state index contributed by atoms with van der Waals surface area (Å²) < 4.78 is 2.31. The van der Waals surface area contributed by atoms with Gasteiger partial charge in [-0.2, -0.15) is 0 Å². The van der Waals surface area contributed by atoms with Crippen LogP contribution in [0.15, 0.2) is 176 Å². The molecule has 10 rings (SSSR count). The molecule has 0 aliphatic carbocycles. The standard InChI is InChI=1S/C49H34N2/c1-2-47-50-45-18-10-11-19-46(45)51(47)40-26-24-35-29-38(23-21-36(35)30-40)48-41-16-8-9-17-42(41)49(39-22-20-33-14-6-7-15-34(33)28-39)44-31-37(25-27-43(44)48)32-12-4-3-5-13-32/h3-31H,2H2,1H3. The first-order valence-electron chi connectivity index (χ1n) is 17.8. The van der Waals surface area contributed by atoms with Crippen molar-refractivity contribution in [1.82, 2.24) is 9.55 Å². The third-order valence-electron chi connectivity index (χ3n) is 10.5. The van der Waals surface area contributed by atoms with Crippen LogP contribution in [0.3, 0.4) is 0 Å². The molecule has 0 bridgehead atoms. The van der Waals surface area contributed by atoms with Gasteiger partial charge in [0.1, 0.15) is 5.82 Å². The van der Waals surface area contributed by atoms with E-state index in [1.165, 1.54) is 76.5 Å². The molecular formula is C49H34N2. The smallest absolute Gasteiger partial charge is 0.114 e. The zero-order valence-electron chi connectivity index (χ0n) is 28.3. The van der Waals surface area contributed by atoms with Gasteiger partial charge in [-0.05, 0) is 119 Å². The molecule has 1 aromatic heterocycles. The summed E-state index contributed by atoms with van der Waals surface area (Å²) in [7, 11) is 0. The average molecular weight is 651 g/mol. The molecule has 2 heteroatoms. The lowest BCUT2D eigenvalue weighted by Crippen LogP contribution is -2.00. The van der Waals surface area contributed by atoms with Gasteiger partial charge >= 0.3 is 0 Å². The minimum Gasteiger partial charge on any atom is -0.296 e. The maximum atomic E-state index is 4.93. The van der Waals surface area contributed by atoms with Gasteiger partial charge in [0, 0.05) is 12.1 Å². The molecule has 0 unspecified atom stereocenters. The van der Waals surface area contributed by atoms with Crippen molar-refractivity contribution < 1.29 is 0 Å². The van der Waals surface area contributed by atoms with E-state index in [0.29, 0.717) is 0 Å². The first-order chi connectivity index (χ1) is 25.2. The first kappa shape index (κ1) is 29.4. The van der Waals surface area contributed by atoms with Crippen LogP contribution in [0.1, 0.15) is 12.7 Å². The highest BCUT2D eigenvalue weighted by Gasteiger charge is 2.19. The second-order valence-electron chi connectivity index (χ2n) is 13.4. The summed E-state index contributed by atoms with van der Waals surface area (Å²) in [6, 6.07) is 64.4. The Labute approximate surface area is 296 Å². The number of aromatic nitrogens is 2. The number of hydrogen-bond acceptors (Lipinski definition) is 1. The van der Waals surface area contributed by atoms with Crippen LogP contribution in [0.5, 0.6) is 0 Å². The second-order valence-corrected chi connectivity index (χ2v) is 13.4. The summed E-state index contributed by atoms with van der Waals surface area (Å²) in [4.78, 5) is 4.93. The molecule has 10 aromatic rings. The van der Waals surface area contributed by atoms with E-state index < -0.39 is 0 Å². The van der Waals surface area contributed by atoms with Crippen molar-refractivity contribution in [2.75, 3.05) is 0 Å². The van der Waals surface area contributed by atoms with Gasteiger partial charge in [-0.3, -0.25) is 4.57 Å². The zero-order valence-corrected chi connectivity index (χ0v) is 28.3. The van der Waals surface area contributed by atoms with Gasteiger partial charge in [0.15, 0.2) is 0 Å². The highest BCUT2D eigenvalue weighted by molar-refractivity contribution is 6.22. The van der Waals surface area contributed by atoms with Gasteiger partial charge in [0.25, 0.3) is 0 Å². The number of para-hydroxylation sites is 2. The summed E-state index contributed by atoms with van der Waals surface area (Å²) in [6.07, 6.45) is 0.868. The fourth-order valence-electron chi connectivity index (χ4n) is 8.08. The van der Waals surface area contributed by atoms with Crippen LogP contribution in [0.2, 0.25) is 0 Å². The van der Waals surface area contributed by atoms with Crippen LogP contribution < -0.4 is 0 Å². The molecule has 0 amide bonds. The zero-order chi connectivity index (χ0) is 33.9. The summed E-state index contributed by atoms with van der Waals surface area (Å²) in [5.74, 6) is 1.08. The third kappa shape index (κ3) is 4.83. The van der Waals surface area contributed by atoms with E-state index >= 15 is 0 Å². The van der Waals surface area contributed by atoms with Crippen molar-refractivity contribution in [2.45, 2.75) is 13.3 Å². The van der Waals surface area contributed by atoms with Crippen molar-refractivity contribution in [3.63, 3.8) is 0 Å². The molecule has 0 saturated carbocycles. The maximum Gasteiger partial charge on any atom is 0.114 e. The lowest BCUT2D eigenvalue weighted by molar-refractivity contribution is 0.909. The minimum atomic E-state index is 0.868. The Bertz CT molecular complexity index is 2950. The van der Waals surface area contributed by atoms with E-state index in [2.05, 4.69) is 187 Å². The fourth-order valence-corrected chi connectivity index (χ4v) is 8.08. The Morgan fingerprint density at radius 3 is 1.76 bits per heavy atom. The quantitative estimate of drug-likeness (QED) is 0.170. The van der Waals surface area contributed by atoms with Crippen molar-refractivity contribution in [1.29, 1.82) is 0 Å². The van der Waals surface area contributed by atoms with Gasteiger partial charge in [0.2, 0.25) is 0 Å². The van der Waals surface area contributed by atoms with Crippen molar-refractivity contribution >= 4 is 54.1 Å². The Balaban J connectivity index is 1.21. The van der Waals surface area contributed by atoms with Crippen LogP contribution in [0, 0.1) is 0 Å². The van der Waals surface area contributed by atoms with Crippen molar-refractivity contribution in [2.24, 2.45) is 0 Å². The van der Waals surface area contributed by atoms with Gasteiger partial charge in [0.05, 0.1) is 11.0 Å².